The van der Waals surface area contributed by atoms with E-state index in [-0.39, 0.29) is 17.7 Å². The van der Waals surface area contributed by atoms with Crippen LogP contribution in [0.4, 0.5) is 5.69 Å². The summed E-state index contributed by atoms with van der Waals surface area (Å²) in [6, 6.07) is 11.8. The van der Waals surface area contributed by atoms with E-state index in [1.807, 2.05) is 30.3 Å². The molecule has 0 bridgehead atoms. The normalized spacial score (nSPS) is 19.9. The van der Waals surface area contributed by atoms with Crippen molar-refractivity contribution in [2.45, 2.75) is 12.3 Å². The van der Waals surface area contributed by atoms with E-state index in [9.17, 15) is 9.59 Å². The summed E-state index contributed by atoms with van der Waals surface area (Å²) in [5.74, 6) is -0.188. The number of hydrogen-bond donors (Lipinski definition) is 1. The van der Waals surface area contributed by atoms with Crippen LogP contribution in [0.3, 0.4) is 0 Å². The molecule has 1 aliphatic rings. The second-order valence-corrected chi connectivity index (χ2v) is 5.92. The van der Waals surface area contributed by atoms with Gasteiger partial charge in [-0.05, 0) is 29.3 Å². The smallest absolute Gasteiger partial charge is 0.350 e. The van der Waals surface area contributed by atoms with Gasteiger partial charge in [0.15, 0.2) is 0 Å². The molecule has 0 unspecified atom stereocenters. The van der Waals surface area contributed by atoms with Gasteiger partial charge in [0, 0.05) is 5.92 Å². The number of benzene rings is 1. The molecule has 0 spiro atoms. The quantitative estimate of drug-likeness (QED) is 0.882. The van der Waals surface area contributed by atoms with Crippen molar-refractivity contribution < 1.29 is 14.3 Å². The fourth-order valence-corrected chi connectivity index (χ4v) is 3.20. The van der Waals surface area contributed by atoms with E-state index in [0.717, 1.165) is 6.42 Å². The summed E-state index contributed by atoms with van der Waals surface area (Å²) >= 11 is 1.26. The molecule has 1 saturated carbocycles. The SMILES string of the molecule is COC(=O)c1sccc1NC(=O)[C@@H]1C[C@@H]1c1ccccc1. The number of rotatable bonds is 4. The van der Waals surface area contributed by atoms with Crippen LogP contribution >= 0.6 is 11.3 Å². The molecule has 1 fully saturated rings. The molecular formula is C16H15NO3S. The first-order valence-electron chi connectivity index (χ1n) is 6.72. The summed E-state index contributed by atoms with van der Waals surface area (Å²) in [5.41, 5.74) is 1.73. The van der Waals surface area contributed by atoms with E-state index < -0.39 is 5.97 Å². The van der Waals surface area contributed by atoms with Crippen molar-refractivity contribution in [2.24, 2.45) is 5.92 Å². The minimum atomic E-state index is -0.421. The van der Waals surface area contributed by atoms with Gasteiger partial charge in [0.1, 0.15) is 4.88 Å². The predicted octanol–water partition coefficient (Wildman–Crippen LogP) is 3.28. The van der Waals surface area contributed by atoms with Crippen LogP contribution < -0.4 is 5.32 Å². The predicted molar refractivity (Wildman–Crippen MR) is 81.6 cm³/mol. The van der Waals surface area contributed by atoms with E-state index in [0.29, 0.717) is 10.6 Å². The lowest BCUT2D eigenvalue weighted by Gasteiger charge is -2.05. The van der Waals surface area contributed by atoms with Crippen molar-refractivity contribution in [2.75, 3.05) is 12.4 Å². The first-order chi connectivity index (χ1) is 10.2. The van der Waals surface area contributed by atoms with Crippen LogP contribution in [0.5, 0.6) is 0 Å². The van der Waals surface area contributed by atoms with Crippen molar-refractivity contribution in [3.05, 3.63) is 52.2 Å². The van der Waals surface area contributed by atoms with Gasteiger partial charge >= 0.3 is 5.97 Å². The zero-order valence-electron chi connectivity index (χ0n) is 11.5. The molecule has 1 aromatic carbocycles. The van der Waals surface area contributed by atoms with Gasteiger partial charge in [-0.1, -0.05) is 30.3 Å². The standard InChI is InChI=1S/C16H15NO3S/c1-20-16(19)14-13(7-8-21-14)17-15(18)12-9-11(12)10-5-3-2-4-6-10/h2-8,11-12H,9H2,1H3,(H,17,18)/t11-,12-/m1/s1. The van der Waals surface area contributed by atoms with Crippen LogP contribution in [-0.2, 0) is 9.53 Å². The largest absolute Gasteiger partial charge is 0.465 e. The average Bonchev–Trinajstić information content (AvgIpc) is 3.20. The maximum atomic E-state index is 12.3. The van der Waals surface area contributed by atoms with E-state index in [1.54, 1.807) is 11.4 Å². The van der Waals surface area contributed by atoms with Crippen molar-refractivity contribution >= 4 is 28.9 Å². The maximum absolute atomic E-state index is 12.3. The fraction of sp³-hybridized carbons (Fsp3) is 0.250. The summed E-state index contributed by atoms with van der Waals surface area (Å²) in [7, 11) is 1.33. The van der Waals surface area contributed by atoms with Gasteiger partial charge in [0.05, 0.1) is 12.8 Å². The van der Waals surface area contributed by atoms with E-state index in [4.69, 9.17) is 4.74 Å². The summed E-state index contributed by atoms with van der Waals surface area (Å²) in [6.45, 7) is 0. The zero-order valence-corrected chi connectivity index (χ0v) is 12.4. The van der Waals surface area contributed by atoms with E-state index in [1.165, 1.54) is 24.0 Å². The van der Waals surface area contributed by atoms with Crippen LogP contribution in [-0.4, -0.2) is 19.0 Å². The van der Waals surface area contributed by atoms with Crippen LogP contribution in [0.15, 0.2) is 41.8 Å². The maximum Gasteiger partial charge on any atom is 0.350 e. The Kier molecular flexibility index (Phi) is 3.75. The zero-order chi connectivity index (χ0) is 14.8. The highest BCUT2D eigenvalue weighted by Gasteiger charge is 2.44. The van der Waals surface area contributed by atoms with Crippen LogP contribution in [0.1, 0.15) is 27.6 Å². The third kappa shape index (κ3) is 2.83. The number of hydrogen-bond acceptors (Lipinski definition) is 4. The Morgan fingerprint density at radius 2 is 2.00 bits per heavy atom. The molecule has 2 aromatic rings. The van der Waals surface area contributed by atoms with Crippen molar-refractivity contribution in [1.29, 1.82) is 0 Å². The third-order valence-corrected chi connectivity index (χ3v) is 4.54. The number of anilines is 1. The molecule has 21 heavy (non-hydrogen) atoms. The van der Waals surface area contributed by atoms with Gasteiger partial charge < -0.3 is 10.1 Å². The molecule has 0 saturated heterocycles. The van der Waals surface area contributed by atoms with Gasteiger partial charge in [-0.15, -0.1) is 11.3 Å². The van der Waals surface area contributed by atoms with Crippen molar-refractivity contribution in [3.63, 3.8) is 0 Å². The third-order valence-electron chi connectivity index (χ3n) is 3.65. The summed E-state index contributed by atoms with van der Waals surface area (Å²) < 4.78 is 4.70. The number of carbonyl (C=O) groups is 2. The van der Waals surface area contributed by atoms with Crippen LogP contribution in [0.2, 0.25) is 0 Å². The molecule has 1 aromatic heterocycles. The van der Waals surface area contributed by atoms with Crippen LogP contribution in [0, 0.1) is 5.92 Å². The Morgan fingerprint density at radius 1 is 1.24 bits per heavy atom. The molecule has 0 aliphatic heterocycles. The fourth-order valence-electron chi connectivity index (χ4n) is 2.44. The first-order valence-corrected chi connectivity index (χ1v) is 7.60. The Bertz CT molecular complexity index is 665. The number of carbonyl (C=O) groups excluding carboxylic acids is 2. The molecule has 1 amide bonds. The topological polar surface area (TPSA) is 55.4 Å². The molecule has 1 heterocycles. The van der Waals surface area contributed by atoms with Gasteiger partial charge in [-0.25, -0.2) is 4.79 Å². The van der Waals surface area contributed by atoms with Gasteiger partial charge in [-0.2, -0.15) is 0 Å². The Morgan fingerprint density at radius 3 is 2.71 bits per heavy atom. The summed E-state index contributed by atoms with van der Waals surface area (Å²) in [5, 5.41) is 4.61. The average molecular weight is 301 g/mol. The molecule has 0 radical (unpaired) electrons. The highest BCUT2D eigenvalue weighted by molar-refractivity contribution is 7.12. The molecule has 108 valence electrons. The lowest BCUT2D eigenvalue weighted by atomic mass is 10.1. The lowest BCUT2D eigenvalue weighted by molar-refractivity contribution is -0.117. The number of amides is 1. The van der Waals surface area contributed by atoms with Gasteiger partial charge in [0.2, 0.25) is 5.91 Å². The van der Waals surface area contributed by atoms with E-state index in [2.05, 4.69) is 5.32 Å². The second kappa shape index (κ2) is 5.69. The molecule has 3 rings (SSSR count). The number of ether oxygens (including phenoxy) is 1. The van der Waals surface area contributed by atoms with Crippen LogP contribution in [0.25, 0.3) is 0 Å². The Hall–Kier alpha value is -2.14. The summed E-state index contributed by atoms with van der Waals surface area (Å²) in [6.07, 6.45) is 0.855. The van der Waals surface area contributed by atoms with Gasteiger partial charge in [0.25, 0.3) is 0 Å². The van der Waals surface area contributed by atoms with Crippen molar-refractivity contribution in [3.8, 4) is 0 Å². The number of esters is 1. The molecule has 2 atom stereocenters. The molecule has 1 N–H and O–H groups in total. The number of nitrogens with one attached hydrogen (secondary N) is 1. The number of methoxy groups -OCH3 is 1. The molecular weight excluding hydrogens is 286 g/mol. The minimum Gasteiger partial charge on any atom is -0.465 e. The lowest BCUT2D eigenvalue weighted by Crippen LogP contribution is -2.16. The highest BCUT2D eigenvalue weighted by atomic mass is 32.1. The highest BCUT2D eigenvalue weighted by Crippen LogP contribution is 2.48. The molecule has 4 nitrogen and oxygen atoms in total. The van der Waals surface area contributed by atoms with E-state index >= 15 is 0 Å². The monoisotopic (exact) mass is 301 g/mol. The Balaban J connectivity index is 1.66. The van der Waals surface area contributed by atoms with Gasteiger partial charge in [-0.3, -0.25) is 4.79 Å². The van der Waals surface area contributed by atoms with Crippen molar-refractivity contribution in [1.82, 2.24) is 0 Å². The minimum absolute atomic E-state index is 0.0159. The number of thiophene rings is 1. The molecule has 1 aliphatic carbocycles. The second-order valence-electron chi connectivity index (χ2n) is 5.00. The molecule has 5 heteroatoms. The first kappa shape index (κ1) is 13.8. The Labute approximate surface area is 126 Å². The summed E-state index contributed by atoms with van der Waals surface area (Å²) in [4.78, 5) is 24.3.